The molecule has 0 aliphatic heterocycles. The summed E-state index contributed by atoms with van der Waals surface area (Å²) in [6.07, 6.45) is 1.94. The van der Waals surface area contributed by atoms with Crippen LogP contribution in [0.1, 0.15) is 27.2 Å². The number of rotatable bonds is 3. The molecule has 0 N–H and O–H groups in total. The van der Waals surface area contributed by atoms with E-state index in [0.29, 0.717) is 6.54 Å². The number of aromatic nitrogens is 1. The van der Waals surface area contributed by atoms with E-state index in [0.717, 1.165) is 16.8 Å². The second kappa shape index (κ2) is 5.13. The molecule has 0 bridgehead atoms. The highest BCUT2D eigenvalue weighted by Gasteiger charge is 2.15. The highest BCUT2D eigenvalue weighted by atomic mass is 16.1. The highest BCUT2D eigenvalue weighted by Crippen LogP contribution is 2.11. The van der Waals surface area contributed by atoms with Gasteiger partial charge in [0.2, 0.25) is 12.3 Å². The van der Waals surface area contributed by atoms with Gasteiger partial charge in [0.25, 0.3) is 0 Å². The van der Waals surface area contributed by atoms with E-state index in [1.54, 1.807) is 0 Å². The number of pyridine rings is 1. The molecule has 0 atom stereocenters. The molecule has 0 radical (unpaired) electrons. The van der Waals surface area contributed by atoms with Crippen LogP contribution in [0.2, 0.25) is 0 Å². The normalized spacial score (nSPS) is 10.4. The SMILES string of the molecule is Cc1ccc(C(=O)C[n+]2ccccc2C)c(C)c1. The van der Waals surface area contributed by atoms with Gasteiger partial charge >= 0.3 is 0 Å². The van der Waals surface area contributed by atoms with E-state index >= 15 is 0 Å². The van der Waals surface area contributed by atoms with Crippen molar-refractivity contribution in [1.29, 1.82) is 0 Å². The second-order valence-corrected chi connectivity index (χ2v) is 4.71. The van der Waals surface area contributed by atoms with Crippen molar-refractivity contribution in [2.45, 2.75) is 27.3 Å². The van der Waals surface area contributed by atoms with E-state index in [2.05, 4.69) is 6.07 Å². The minimum Gasteiger partial charge on any atom is -0.287 e. The van der Waals surface area contributed by atoms with Crippen molar-refractivity contribution >= 4 is 5.78 Å². The van der Waals surface area contributed by atoms with Gasteiger partial charge in [0.1, 0.15) is 0 Å². The fraction of sp³-hybridized carbons (Fsp3) is 0.250. The van der Waals surface area contributed by atoms with Crippen molar-refractivity contribution in [2.24, 2.45) is 0 Å². The molecule has 0 unspecified atom stereocenters. The Bertz CT molecular complexity index is 587. The van der Waals surface area contributed by atoms with Crippen molar-refractivity contribution in [1.82, 2.24) is 0 Å². The Labute approximate surface area is 108 Å². The molecular formula is C16H18NO+. The standard InChI is InChI=1S/C16H18NO/c1-12-7-8-15(13(2)10-12)16(18)11-17-9-5-4-6-14(17)3/h4-10H,11H2,1-3H3/q+1. The minimum absolute atomic E-state index is 0.159. The van der Waals surface area contributed by atoms with Crippen molar-refractivity contribution in [2.75, 3.05) is 0 Å². The Hall–Kier alpha value is -1.96. The lowest BCUT2D eigenvalue weighted by atomic mass is 10.0. The first kappa shape index (κ1) is 12.5. The van der Waals surface area contributed by atoms with Gasteiger partial charge in [-0.05, 0) is 19.4 Å². The summed E-state index contributed by atoms with van der Waals surface area (Å²) >= 11 is 0. The molecule has 0 spiro atoms. The molecule has 92 valence electrons. The Morgan fingerprint density at radius 3 is 2.56 bits per heavy atom. The number of ketones is 1. The van der Waals surface area contributed by atoms with Crippen LogP contribution in [-0.4, -0.2) is 5.78 Å². The van der Waals surface area contributed by atoms with Crippen molar-refractivity contribution in [3.05, 3.63) is 65.0 Å². The van der Waals surface area contributed by atoms with Crippen molar-refractivity contribution in [3.8, 4) is 0 Å². The van der Waals surface area contributed by atoms with E-state index in [9.17, 15) is 4.79 Å². The van der Waals surface area contributed by atoms with Gasteiger partial charge in [-0.2, -0.15) is 4.57 Å². The van der Waals surface area contributed by atoms with Crippen molar-refractivity contribution < 1.29 is 9.36 Å². The molecule has 0 amide bonds. The highest BCUT2D eigenvalue weighted by molar-refractivity contribution is 5.96. The average Bonchev–Trinajstić information content (AvgIpc) is 2.32. The molecule has 2 heteroatoms. The summed E-state index contributed by atoms with van der Waals surface area (Å²) in [5, 5.41) is 0. The summed E-state index contributed by atoms with van der Waals surface area (Å²) < 4.78 is 1.97. The monoisotopic (exact) mass is 240 g/mol. The van der Waals surface area contributed by atoms with Gasteiger partial charge in [-0.25, -0.2) is 0 Å². The average molecular weight is 240 g/mol. The van der Waals surface area contributed by atoms with Crippen LogP contribution in [0.5, 0.6) is 0 Å². The third-order valence-electron chi connectivity index (χ3n) is 3.16. The largest absolute Gasteiger partial charge is 0.287 e. The lowest BCUT2D eigenvalue weighted by Crippen LogP contribution is -2.40. The molecule has 0 saturated carbocycles. The fourth-order valence-corrected chi connectivity index (χ4v) is 2.11. The molecule has 0 saturated heterocycles. The smallest absolute Gasteiger partial charge is 0.227 e. The van der Waals surface area contributed by atoms with Gasteiger partial charge < -0.3 is 0 Å². The Balaban J connectivity index is 2.25. The van der Waals surface area contributed by atoms with Crippen LogP contribution in [-0.2, 0) is 6.54 Å². The second-order valence-electron chi connectivity index (χ2n) is 4.71. The summed E-state index contributed by atoms with van der Waals surface area (Å²) in [5.41, 5.74) is 4.15. The molecular weight excluding hydrogens is 222 g/mol. The third-order valence-corrected chi connectivity index (χ3v) is 3.16. The number of nitrogens with zero attached hydrogens (tertiary/aromatic N) is 1. The molecule has 1 aromatic heterocycles. The fourth-order valence-electron chi connectivity index (χ4n) is 2.11. The summed E-state index contributed by atoms with van der Waals surface area (Å²) in [4.78, 5) is 12.3. The van der Waals surface area contributed by atoms with Crippen LogP contribution in [0, 0.1) is 20.8 Å². The van der Waals surface area contributed by atoms with Crippen LogP contribution in [0.4, 0.5) is 0 Å². The number of carbonyl (C=O) groups is 1. The molecule has 2 nitrogen and oxygen atoms in total. The predicted molar refractivity (Wildman–Crippen MR) is 71.6 cm³/mol. The number of hydrogen-bond acceptors (Lipinski definition) is 1. The number of hydrogen-bond donors (Lipinski definition) is 0. The first-order valence-electron chi connectivity index (χ1n) is 6.13. The zero-order chi connectivity index (χ0) is 13.1. The molecule has 2 rings (SSSR count). The maximum Gasteiger partial charge on any atom is 0.227 e. The Morgan fingerprint density at radius 2 is 1.89 bits per heavy atom. The van der Waals surface area contributed by atoms with Gasteiger partial charge in [0, 0.05) is 24.6 Å². The van der Waals surface area contributed by atoms with E-state index < -0.39 is 0 Å². The number of Topliss-reactive ketones (excluding diaryl/α,β-unsaturated/α-hetero) is 1. The molecule has 0 aliphatic carbocycles. The van der Waals surface area contributed by atoms with Crippen LogP contribution in [0.15, 0.2) is 42.6 Å². The van der Waals surface area contributed by atoms with Crippen LogP contribution < -0.4 is 4.57 Å². The predicted octanol–water partition coefficient (Wildman–Crippen LogP) is 2.78. The number of carbonyl (C=O) groups excluding carboxylic acids is 1. The van der Waals surface area contributed by atoms with Gasteiger partial charge in [-0.15, -0.1) is 0 Å². The zero-order valence-corrected chi connectivity index (χ0v) is 11.1. The maximum atomic E-state index is 12.3. The first-order valence-corrected chi connectivity index (χ1v) is 6.13. The number of benzene rings is 1. The van der Waals surface area contributed by atoms with Gasteiger partial charge in [0.15, 0.2) is 11.9 Å². The maximum absolute atomic E-state index is 12.3. The van der Waals surface area contributed by atoms with E-state index in [4.69, 9.17) is 0 Å². The van der Waals surface area contributed by atoms with E-state index in [1.165, 1.54) is 5.56 Å². The topological polar surface area (TPSA) is 20.9 Å². The van der Waals surface area contributed by atoms with Crippen LogP contribution >= 0.6 is 0 Å². The Kier molecular flexibility index (Phi) is 3.56. The molecule has 18 heavy (non-hydrogen) atoms. The first-order chi connectivity index (χ1) is 8.58. The van der Waals surface area contributed by atoms with E-state index in [-0.39, 0.29) is 5.78 Å². The van der Waals surface area contributed by atoms with Gasteiger partial charge in [-0.3, -0.25) is 4.79 Å². The van der Waals surface area contributed by atoms with Crippen LogP contribution in [0.25, 0.3) is 0 Å². The van der Waals surface area contributed by atoms with E-state index in [1.807, 2.05) is 61.9 Å². The zero-order valence-electron chi connectivity index (χ0n) is 11.1. The molecule has 0 fully saturated rings. The Morgan fingerprint density at radius 1 is 1.11 bits per heavy atom. The van der Waals surface area contributed by atoms with Gasteiger partial charge in [-0.1, -0.05) is 29.8 Å². The van der Waals surface area contributed by atoms with Crippen LogP contribution in [0.3, 0.4) is 0 Å². The molecule has 1 aromatic carbocycles. The summed E-state index contributed by atoms with van der Waals surface area (Å²) in [6.45, 7) is 6.44. The molecule has 2 aromatic rings. The summed E-state index contributed by atoms with van der Waals surface area (Å²) in [6, 6.07) is 11.9. The minimum atomic E-state index is 0.159. The van der Waals surface area contributed by atoms with Gasteiger partial charge in [0.05, 0.1) is 0 Å². The quantitative estimate of drug-likeness (QED) is 0.597. The molecule has 0 aliphatic rings. The summed E-state index contributed by atoms with van der Waals surface area (Å²) in [5.74, 6) is 0.159. The lowest BCUT2D eigenvalue weighted by molar-refractivity contribution is -0.689. The molecule has 1 heterocycles. The summed E-state index contributed by atoms with van der Waals surface area (Å²) in [7, 11) is 0. The third kappa shape index (κ3) is 2.65. The lowest BCUT2D eigenvalue weighted by Gasteiger charge is -2.05. The number of aryl methyl sites for hydroxylation is 3. The van der Waals surface area contributed by atoms with Crippen molar-refractivity contribution in [3.63, 3.8) is 0 Å².